The van der Waals surface area contributed by atoms with Gasteiger partial charge in [0.1, 0.15) is 0 Å². The molecule has 0 amide bonds. The van der Waals surface area contributed by atoms with Crippen molar-refractivity contribution in [1.29, 1.82) is 0 Å². The summed E-state index contributed by atoms with van der Waals surface area (Å²) >= 11 is 0. The Kier molecular flexibility index (Phi) is 9.67. The van der Waals surface area contributed by atoms with Crippen LogP contribution >= 0.6 is 0 Å². The molecule has 0 aliphatic heterocycles. The van der Waals surface area contributed by atoms with Crippen LogP contribution in [-0.2, 0) is 0 Å². The van der Waals surface area contributed by atoms with E-state index >= 15 is 0 Å². The Labute approximate surface area is 413 Å². The Morgan fingerprint density at radius 2 is 0.542 bits per heavy atom. The van der Waals surface area contributed by atoms with Gasteiger partial charge < -0.3 is 0 Å². The molecule has 0 fully saturated rings. The van der Waals surface area contributed by atoms with Crippen LogP contribution in [0, 0.1) is 0 Å². The molecular weight excluding hydrogens is 881 g/mol. The summed E-state index contributed by atoms with van der Waals surface area (Å²) in [7, 11) is 0. The van der Waals surface area contributed by atoms with Crippen LogP contribution < -0.4 is 0 Å². The molecule has 4 heterocycles. The lowest BCUT2D eigenvalue weighted by Crippen LogP contribution is -2.02. The van der Waals surface area contributed by atoms with Crippen LogP contribution in [0.2, 0.25) is 0 Å². The van der Waals surface area contributed by atoms with Gasteiger partial charge in [-0.1, -0.05) is 158 Å². The molecule has 14 rings (SSSR count). The molecule has 334 valence electrons. The van der Waals surface area contributed by atoms with Crippen LogP contribution in [0.5, 0.6) is 0 Å². The van der Waals surface area contributed by atoms with Crippen molar-refractivity contribution in [3.63, 3.8) is 0 Å². The molecule has 0 atom stereocenters. The van der Waals surface area contributed by atoms with E-state index in [9.17, 15) is 0 Å². The van der Waals surface area contributed by atoms with E-state index in [0.29, 0.717) is 34.9 Å². The molecule has 14 aromatic rings. The van der Waals surface area contributed by atoms with Crippen LogP contribution in [0.3, 0.4) is 0 Å². The summed E-state index contributed by atoms with van der Waals surface area (Å²) in [6.07, 6.45) is 7.10. The molecule has 0 saturated carbocycles. The van der Waals surface area contributed by atoms with Gasteiger partial charge in [0.2, 0.25) is 0 Å². The summed E-state index contributed by atoms with van der Waals surface area (Å²) in [6.45, 7) is 0. The van der Waals surface area contributed by atoms with Gasteiger partial charge in [-0.15, -0.1) is 0 Å². The quantitative estimate of drug-likeness (QED) is 0.139. The Balaban J connectivity index is 1.08. The smallest absolute Gasteiger partial charge is 0.164 e. The SMILES string of the molecule is c1ccc(-c2cc(-c3nc(-c4ccncc4)nc(-c4ccc5ccccc5c4)n3)c3ccc4c(-c5ccccc5)cc(-c5nc(-c6ccncc6)nc(-c6ccc7ccccc7c6)n5)c5ccc2c3c45)cc1. The Morgan fingerprint density at radius 3 is 0.944 bits per heavy atom. The number of aromatic nitrogens is 8. The maximum absolute atomic E-state index is 5.38. The molecule has 4 aromatic heterocycles. The molecule has 0 unspecified atom stereocenters. The van der Waals surface area contributed by atoms with E-state index in [0.717, 1.165) is 109 Å². The summed E-state index contributed by atoms with van der Waals surface area (Å²) in [4.78, 5) is 40.3. The zero-order valence-electron chi connectivity index (χ0n) is 38.5. The van der Waals surface area contributed by atoms with Crippen molar-refractivity contribution < 1.29 is 0 Å². The topological polar surface area (TPSA) is 103 Å². The molecule has 0 spiro atoms. The molecule has 0 saturated heterocycles. The minimum absolute atomic E-state index is 0.563. The Hall–Kier alpha value is -9.92. The first-order valence-electron chi connectivity index (χ1n) is 23.9. The fourth-order valence-electron chi connectivity index (χ4n) is 10.2. The lowest BCUT2D eigenvalue weighted by molar-refractivity contribution is 1.07. The van der Waals surface area contributed by atoms with E-state index in [1.165, 1.54) is 0 Å². The maximum Gasteiger partial charge on any atom is 0.164 e. The zero-order chi connectivity index (χ0) is 47.5. The molecule has 0 N–H and O–H groups in total. The second-order valence-corrected chi connectivity index (χ2v) is 18.0. The van der Waals surface area contributed by atoms with Crippen LogP contribution in [-0.4, -0.2) is 39.9 Å². The summed E-state index contributed by atoms with van der Waals surface area (Å²) < 4.78 is 0. The lowest BCUT2D eigenvalue weighted by atomic mass is 9.83. The molecule has 0 aliphatic carbocycles. The molecule has 72 heavy (non-hydrogen) atoms. The molecule has 8 nitrogen and oxygen atoms in total. The second kappa shape index (κ2) is 16.9. The fraction of sp³-hybridized carbons (Fsp3) is 0. The Bertz CT molecular complexity index is 4090. The number of hydrogen-bond acceptors (Lipinski definition) is 8. The van der Waals surface area contributed by atoms with Crippen molar-refractivity contribution in [2.24, 2.45) is 0 Å². The van der Waals surface area contributed by atoms with Gasteiger partial charge in [0.15, 0.2) is 34.9 Å². The zero-order valence-corrected chi connectivity index (χ0v) is 38.5. The highest BCUT2D eigenvalue weighted by Crippen LogP contribution is 2.48. The largest absolute Gasteiger partial charge is 0.265 e. The molecule has 0 bridgehead atoms. The van der Waals surface area contributed by atoms with Gasteiger partial charge in [-0.25, -0.2) is 29.9 Å². The van der Waals surface area contributed by atoms with Crippen molar-refractivity contribution in [2.75, 3.05) is 0 Å². The third-order valence-electron chi connectivity index (χ3n) is 13.7. The number of pyridine rings is 2. The summed E-state index contributed by atoms with van der Waals surface area (Å²) in [5, 5.41) is 10.9. The van der Waals surface area contributed by atoms with E-state index in [2.05, 4.69) is 192 Å². The predicted octanol–water partition coefficient (Wildman–Crippen LogP) is 15.4. The summed E-state index contributed by atoms with van der Waals surface area (Å²) in [5.74, 6) is 3.43. The first-order chi connectivity index (χ1) is 35.7. The molecule has 0 radical (unpaired) electrons. The number of hydrogen-bond donors (Lipinski definition) is 0. The van der Waals surface area contributed by atoms with Crippen molar-refractivity contribution in [1.82, 2.24) is 39.9 Å². The van der Waals surface area contributed by atoms with Crippen LogP contribution in [0.1, 0.15) is 0 Å². The number of rotatable bonds is 8. The highest BCUT2D eigenvalue weighted by Gasteiger charge is 2.24. The van der Waals surface area contributed by atoms with Crippen LogP contribution in [0.4, 0.5) is 0 Å². The standard InChI is InChI=1S/C64H38N8/c1-3-13-41(14-4-1)53-37-55(63-69-59(43-27-31-65-32-28-43)67-61(71-63)47-21-19-39-11-7-9-17-45(39)35-47)51-26-24-50-54(42-15-5-2-6-16-42)38-56(52-25-23-49(53)57(51)58(50)52)64-70-60(44-29-33-66-34-30-44)68-62(72-64)48-22-20-40-12-8-10-18-46(40)36-48/h1-38H. The van der Waals surface area contributed by atoms with Crippen molar-refractivity contribution in [3.8, 4) is 90.6 Å². The number of nitrogens with zero attached hydrogens (tertiary/aromatic N) is 8. The van der Waals surface area contributed by atoms with Gasteiger partial charge >= 0.3 is 0 Å². The maximum atomic E-state index is 5.38. The Morgan fingerprint density at radius 1 is 0.208 bits per heavy atom. The fourth-order valence-corrected chi connectivity index (χ4v) is 10.2. The predicted molar refractivity (Wildman–Crippen MR) is 291 cm³/mol. The molecule has 10 aromatic carbocycles. The van der Waals surface area contributed by atoms with Crippen LogP contribution in [0.15, 0.2) is 231 Å². The molecule has 8 heteroatoms. The lowest BCUT2D eigenvalue weighted by Gasteiger charge is -2.21. The highest BCUT2D eigenvalue weighted by atomic mass is 15.0. The second-order valence-electron chi connectivity index (χ2n) is 18.0. The first-order valence-corrected chi connectivity index (χ1v) is 23.9. The van der Waals surface area contributed by atoms with Gasteiger partial charge in [-0.3, -0.25) is 9.97 Å². The van der Waals surface area contributed by atoms with Crippen molar-refractivity contribution in [2.45, 2.75) is 0 Å². The minimum atomic E-state index is 0.563. The van der Waals surface area contributed by atoms with Gasteiger partial charge in [-0.2, -0.15) is 0 Å². The monoisotopic (exact) mass is 918 g/mol. The average molecular weight is 919 g/mol. The molecular formula is C64H38N8. The van der Waals surface area contributed by atoms with E-state index in [1.54, 1.807) is 24.8 Å². The van der Waals surface area contributed by atoms with Gasteiger partial charge in [0, 0.05) is 58.2 Å². The number of fused-ring (bicyclic) bond motifs is 2. The third-order valence-corrected chi connectivity index (χ3v) is 13.7. The van der Waals surface area contributed by atoms with E-state index in [1.807, 2.05) is 24.3 Å². The number of benzene rings is 10. The first kappa shape index (κ1) is 41.1. The summed E-state index contributed by atoms with van der Waals surface area (Å²) in [5.41, 5.74) is 9.57. The normalized spacial score (nSPS) is 11.6. The van der Waals surface area contributed by atoms with Crippen molar-refractivity contribution in [3.05, 3.63) is 231 Å². The average Bonchev–Trinajstić information content (AvgIpc) is 3.46. The van der Waals surface area contributed by atoms with Gasteiger partial charge in [-0.05, 0) is 125 Å². The highest BCUT2D eigenvalue weighted by molar-refractivity contribution is 6.31. The van der Waals surface area contributed by atoms with E-state index in [4.69, 9.17) is 29.9 Å². The van der Waals surface area contributed by atoms with Crippen LogP contribution in [0.25, 0.3) is 144 Å². The third kappa shape index (κ3) is 7.08. The minimum Gasteiger partial charge on any atom is -0.265 e. The van der Waals surface area contributed by atoms with Gasteiger partial charge in [0.05, 0.1) is 0 Å². The molecule has 0 aliphatic rings. The van der Waals surface area contributed by atoms with Gasteiger partial charge in [0.25, 0.3) is 0 Å². The van der Waals surface area contributed by atoms with E-state index in [-0.39, 0.29) is 0 Å². The summed E-state index contributed by atoms with van der Waals surface area (Å²) in [6, 6.07) is 72.0. The van der Waals surface area contributed by atoms with Crippen molar-refractivity contribution >= 4 is 53.9 Å². The van der Waals surface area contributed by atoms with E-state index < -0.39 is 0 Å².